The predicted octanol–water partition coefficient (Wildman–Crippen LogP) is 2.01. The van der Waals surface area contributed by atoms with Gasteiger partial charge in [0.15, 0.2) is 11.6 Å². The molecule has 0 saturated carbocycles. The lowest BCUT2D eigenvalue weighted by molar-refractivity contribution is 0.0488. The van der Waals surface area contributed by atoms with Gasteiger partial charge in [-0.2, -0.15) is 0 Å². The van der Waals surface area contributed by atoms with E-state index in [0.717, 1.165) is 0 Å². The zero-order valence-electron chi connectivity index (χ0n) is 12.7. The average molecular weight is 315 g/mol. The largest absolute Gasteiger partial charge is 0.461 e. The molecule has 0 bridgehead atoms. The number of rotatable bonds is 7. The van der Waals surface area contributed by atoms with Crippen molar-refractivity contribution in [2.45, 2.75) is 19.8 Å². The number of nitrogens with two attached hydrogens (primary N) is 1. The molecule has 2 rings (SSSR count). The molecule has 0 saturated heterocycles. The Morgan fingerprint density at radius 1 is 1.35 bits per heavy atom. The second-order valence-corrected chi connectivity index (χ2v) is 4.96. The first-order chi connectivity index (χ1) is 11.0. The maximum atomic E-state index is 12.0. The highest BCUT2D eigenvalue weighted by molar-refractivity contribution is 6.00. The summed E-state index contributed by atoms with van der Waals surface area (Å²) >= 11 is 0. The molecule has 0 atom stereocenters. The van der Waals surface area contributed by atoms with Crippen molar-refractivity contribution < 1.29 is 19.1 Å². The first-order valence-electron chi connectivity index (χ1n) is 7.09. The highest BCUT2D eigenvalue weighted by Crippen LogP contribution is 2.11. The van der Waals surface area contributed by atoms with Crippen LogP contribution in [0.4, 0.5) is 5.82 Å². The van der Waals surface area contributed by atoms with Gasteiger partial charge < -0.3 is 15.5 Å². The number of nitrogens with one attached hydrogen (secondary N) is 1. The third-order valence-corrected chi connectivity index (χ3v) is 3.23. The van der Waals surface area contributed by atoms with Crippen LogP contribution in [0, 0.1) is 0 Å². The maximum absolute atomic E-state index is 12.0. The van der Waals surface area contributed by atoms with Crippen LogP contribution in [0.1, 0.15) is 51.0 Å². The number of anilines is 1. The molecule has 2 heterocycles. The van der Waals surface area contributed by atoms with Crippen molar-refractivity contribution in [3.63, 3.8) is 0 Å². The van der Waals surface area contributed by atoms with E-state index in [1.165, 1.54) is 25.4 Å². The number of ether oxygens (including phenoxy) is 1. The molecule has 0 fully saturated rings. The van der Waals surface area contributed by atoms with Crippen LogP contribution in [-0.4, -0.2) is 34.1 Å². The number of hydrogen-bond acceptors (Lipinski definition) is 6. The molecule has 0 unspecified atom stereocenters. The third kappa shape index (κ3) is 4.26. The molecule has 0 amide bonds. The lowest BCUT2D eigenvalue weighted by Crippen LogP contribution is -2.10. The van der Waals surface area contributed by atoms with Crippen molar-refractivity contribution in [1.82, 2.24) is 9.97 Å². The van der Waals surface area contributed by atoms with Gasteiger partial charge in [0.05, 0.1) is 12.2 Å². The van der Waals surface area contributed by atoms with Crippen molar-refractivity contribution in [2.24, 2.45) is 0 Å². The van der Waals surface area contributed by atoms with Gasteiger partial charge in [0.1, 0.15) is 11.5 Å². The maximum Gasteiger partial charge on any atom is 0.354 e. The van der Waals surface area contributed by atoms with Gasteiger partial charge in [0.25, 0.3) is 0 Å². The number of nitrogens with zero attached hydrogens (tertiary/aromatic N) is 1. The van der Waals surface area contributed by atoms with Crippen LogP contribution in [0.2, 0.25) is 0 Å². The lowest BCUT2D eigenvalue weighted by atomic mass is 10.1. The molecule has 120 valence electrons. The monoisotopic (exact) mass is 315 g/mol. The zero-order chi connectivity index (χ0) is 16.8. The molecule has 0 aromatic carbocycles. The molecule has 0 aliphatic heterocycles. The first-order valence-corrected chi connectivity index (χ1v) is 7.09. The van der Waals surface area contributed by atoms with E-state index in [9.17, 15) is 14.4 Å². The number of ketones is 2. The van der Waals surface area contributed by atoms with Crippen molar-refractivity contribution in [2.75, 3.05) is 12.3 Å². The van der Waals surface area contributed by atoms with E-state index in [-0.39, 0.29) is 36.1 Å². The number of aromatic nitrogens is 2. The minimum atomic E-state index is -0.564. The SMILES string of the molecule is CC(=O)c1c[nH]c(C(=O)OCCCC(=O)c2cccnc2N)c1. The van der Waals surface area contributed by atoms with Gasteiger partial charge in [-0.3, -0.25) is 9.59 Å². The zero-order valence-corrected chi connectivity index (χ0v) is 12.7. The summed E-state index contributed by atoms with van der Waals surface area (Å²) in [7, 11) is 0. The Morgan fingerprint density at radius 2 is 2.13 bits per heavy atom. The first kappa shape index (κ1) is 16.4. The number of nitrogen functional groups attached to an aromatic ring is 1. The highest BCUT2D eigenvalue weighted by atomic mass is 16.5. The fourth-order valence-corrected chi connectivity index (χ4v) is 1.98. The third-order valence-electron chi connectivity index (χ3n) is 3.23. The summed E-state index contributed by atoms with van der Waals surface area (Å²) in [4.78, 5) is 41.4. The van der Waals surface area contributed by atoms with E-state index in [1.54, 1.807) is 12.1 Å². The average Bonchev–Trinajstić information content (AvgIpc) is 3.02. The minimum Gasteiger partial charge on any atom is -0.461 e. The highest BCUT2D eigenvalue weighted by Gasteiger charge is 2.13. The van der Waals surface area contributed by atoms with Gasteiger partial charge in [-0.1, -0.05) is 0 Å². The van der Waals surface area contributed by atoms with Gasteiger partial charge in [-0.15, -0.1) is 0 Å². The van der Waals surface area contributed by atoms with Crippen molar-refractivity contribution >= 4 is 23.4 Å². The summed E-state index contributed by atoms with van der Waals surface area (Å²) in [5.74, 6) is -0.658. The number of H-pyrrole nitrogens is 1. The van der Waals surface area contributed by atoms with Crippen LogP contribution in [0.3, 0.4) is 0 Å². The lowest BCUT2D eigenvalue weighted by Gasteiger charge is -2.05. The molecular formula is C16H17N3O4. The van der Waals surface area contributed by atoms with Crippen LogP contribution < -0.4 is 5.73 Å². The smallest absolute Gasteiger partial charge is 0.354 e. The number of hydrogen-bond donors (Lipinski definition) is 2. The number of aromatic amines is 1. The topological polar surface area (TPSA) is 115 Å². The molecular weight excluding hydrogens is 298 g/mol. The number of esters is 1. The van der Waals surface area contributed by atoms with Gasteiger partial charge in [0.2, 0.25) is 0 Å². The Labute approximate surface area is 132 Å². The summed E-state index contributed by atoms with van der Waals surface area (Å²) in [5.41, 5.74) is 6.62. The summed E-state index contributed by atoms with van der Waals surface area (Å²) in [5, 5.41) is 0. The van der Waals surface area contributed by atoms with E-state index in [0.29, 0.717) is 17.5 Å². The molecule has 3 N–H and O–H groups in total. The Balaban J connectivity index is 1.78. The quantitative estimate of drug-likeness (QED) is 0.459. The predicted molar refractivity (Wildman–Crippen MR) is 83.3 cm³/mol. The van der Waals surface area contributed by atoms with E-state index >= 15 is 0 Å². The van der Waals surface area contributed by atoms with E-state index in [4.69, 9.17) is 10.5 Å². The number of pyridine rings is 1. The van der Waals surface area contributed by atoms with Crippen LogP contribution in [-0.2, 0) is 4.74 Å². The van der Waals surface area contributed by atoms with Crippen molar-refractivity contribution in [3.05, 3.63) is 47.4 Å². The van der Waals surface area contributed by atoms with Gasteiger partial charge in [0, 0.05) is 24.4 Å². The summed E-state index contributed by atoms with van der Waals surface area (Å²) in [6.07, 6.45) is 3.54. The van der Waals surface area contributed by atoms with Crippen LogP contribution in [0.5, 0.6) is 0 Å². The van der Waals surface area contributed by atoms with Crippen molar-refractivity contribution in [3.8, 4) is 0 Å². The fourth-order valence-electron chi connectivity index (χ4n) is 1.98. The Kier molecular flexibility index (Phi) is 5.24. The van der Waals surface area contributed by atoms with E-state index < -0.39 is 5.97 Å². The molecule has 7 nitrogen and oxygen atoms in total. The molecule has 7 heteroatoms. The molecule has 0 aliphatic carbocycles. The van der Waals surface area contributed by atoms with Crippen LogP contribution in [0.25, 0.3) is 0 Å². The summed E-state index contributed by atoms with van der Waals surface area (Å²) in [6, 6.07) is 4.69. The molecule has 23 heavy (non-hydrogen) atoms. The summed E-state index contributed by atoms with van der Waals surface area (Å²) < 4.78 is 5.06. The van der Waals surface area contributed by atoms with E-state index in [1.807, 2.05) is 0 Å². The van der Waals surface area contributed by atoms with Crippen LogP contribution in [0.15, 0.2) is 30.6 Å². The molecule has 2 aromatic heterocycles. The van der Waals surface area contributed by atoms with E-state index in [2.05, 4.69) is 9.97 Å². The molecule has 0 aliphatic rings. The number of Topliss-reactive ketones (excluding diaryl/α,β-unsaturated/α-hetero) is 2. The molecule has 0 spiro atoms. The normalized spacial score (nSPS) is 10.3. The van der Waals surface area contributed by atoms with Crippen molar-refractivity contribution in [1.29, 1.82) is 0 Å². The number of carbonyl (C=O) groups is 3. The Bertz CT molecular complexity index is 736. The summed E-state index contributed by atoms with van der Waals surface area (Å²) in [6.45, 7) is 1.51. The standard InChI is InChI=1S/C16H17N3O4/c1-10(20)11-8-13(19-9-11)16(22)23-7-3-5-14(21)12-4-2-6-18-15(12)17/h2,4,6,8-9,19H,3,5,7H2,1H3,(H2,17,18). The minimum absolute atomic E-state index is 0.0964. The molecule has 2 aromatic rings. The van der Waals surface area contributed by atoms with Gasteiger partial charge in [-0.05, 0) is 31.5 Å². The fraction of sp³-hybridized carbons (Fsp3) is 0.250. The number of carbonyl (C=O) groups excluding carboxylic acids is 3. The second-order valence-electron chi connectivity index (χ2n) is 4.96. The second kappa shape index (κ2) is 7.35. The van der Waals surface area contributed by atoms with Crippen LogP contribution >= 0.6 is 0 Å². The van der Waals surface area contributed by atoms with Gasteiger partial charge in [-0.25, -0.2) is 9.78 Å². The van der Waals surface area contributed by atoms with Gasteiger partial charge >= 0.3 is 5.97 Å². The Hall–Kier alpha value is -2.96. The Morgan fingerprint density at radius 3 is 2.78 bits per heavy atom. The molecule has 0 radical (unpaired) electrons.